The molecule has 0 amide bonds. The third-order valence-corrected chi connectivity index (χ3v) is 1.63. The van der Waals surface area contributed by atoms with E-state index in [4.69, 9.17) is 0 Å². The molecule has 0 aliphatic heterocycles. The van der Waals surface area contributed by atoms with Crippen molar-refractivity contribution >= 4 is 0 Å². The molecule has 2 rings (SSSR count). The lowest BCUT2D eigenvalue weighted by Crippen LogP contribution is -2.07. The molecule has 0 bridgehead atoms. The molecule has 2 aromatic rings. The highest BCUT2D eigenvalue weighted by atomic mass is 16.1. The first-order chi connectivity index (χ1) is 6.36. The molecule has 0 unspecified atom stereocenters. The molecular weight excluding hydrogens is 166 g/mol. The van der Waals surface area contributed by atoms with Gasteiger partial charge in [0.1, 0.15) is 6.33 Å². The Hall–Kier alpha value is -1.97. The largest absolute Gasteiger partial charge is 0.306 e. The topological polar surface area (TPSA) is 47.8 Å². The van der Waals surface area contributed by atoms with Crippen LogP contribution in [0.5, 0.6) is 0 Å². The average Bonchev–Trinajstić information content (AvgIpc) is 2.20. The summed E-state index contributed by atoms with van der Waals surface area (Å²) >= 11 is 0. The highest BCUT2D eigenvalue weighted by Gasteiger charge is 1.92. The van der Waals surface area contributed by atoms with Crippen LogP contribution in [-0.4, -0.2) is 14.5 Å². The molecule has 4 nitrogen and oxygen atoms in total. The molecule has 0 aromatic carbocycles. The van der Waals surface area contributed by atoms with E-state index in [1.54, 1.807) is 23.2 Å². The zero-order chi connectivity index (χ0) is 9.10. The summed E-state index contributed by atoms with van der Waals surface area (Å²) in [5.74, 6) is 0. The van der Waals surface area contributed by atoms with Crippen molar-refractivity contribution in [2.75, 3.05) is 0 Å². The normalized spacial score (nSPS) is 9.85. The minimum atomic E-state index is -0.236. The molecule has 13 heavy (non-hydrogen) atoms. The van der Waals surface area contributed by atoms with Crippen LogP contribution in [0.2, 0.25) is 0 Å². The van der Waals surface area contributed by atoms with Gasteiger partial charge in [-0.15, -0.1) is 0 Å². The van der Waals surface area contributed by atoms with Gasteiger partial charge in [0.2, 0.25) is 0 Å². The maximum absolute atomic E-state index is 10.7. The molecule has 0 N–H and O–H groups in total. The Morgan fingerprint density at radius 3 is 2.85 bits per heavy atom. The number of pyridine rings is 1. The Morgan fingerprint density at radius 1 is 1.31 bits per heavy atom. The van der Waals surface area contributed by atoms with E-state index in [1.807, 2.05) is 12.1 Å². The van der Waals surface area contributed by atoms with Crippen molar-refractivity contribution in [2.24, 2.45) is 0 Å². The van der Waals surface area contributed by atoms with Gasteiger partial charge in [0.25, 0.3) is 5.56 Å². The summed E-state index contributed by atoms with van der Waals surface area (Å²) in [5, 5.41) is 0. The molecule has 0 spiro atoms. The van der Waals surface area contributed by atoms with Crippen molar-refractivity contribution in [2.45, 2.75) is 0 Å². The van der Waals surface area contributed by atoms with E-state index < -0.39 is 0 Å². The van der Waals surface area contributed by atoms with E-state index in [-0.39, 0.29) is 5.56 Å². The van der Waals surface area contributed by atoms with Gasteiger partial charge in [-0.1, -0.05) is 0 Å². The van der Waals surface area contributed by atoms with Crippen LogP contribution in [0, 0.1) is 0 Å². The first-order valence-electron chi connectivity index (χ1n) is 3.81. The van der Waals surface area contributed by atoms with E-state index in [2.05, 4.69) is 9.97 Å². The van der Waals surface area contributed by atoms with E-state index in [9.17, 15) is 4.79 Å². The minimum Gasteiger partial charge on any atom is -0.306 e. The van der Waals surface area contributed by atoms with Gasteiger partial charge in [-0.3, -0.25) is 9.78 Å². The summed E-state index contributed by atoms with van der Waals surface area (Å²) in [4.78, 5) is 18.3. The first kappa shape index (κ1) is 7.67. The van der Waals surface area contributed by atoms with Crippen LogP contribution in [0.3, 0.4) is 0 Å². The van der Waals surface area contributed by atoms with Crippen LogP contribution >= 0.6 is 0 Å². The van der Waals surface area contributed by atoms with Gasteiger partial charge in [-0.2, -0.15) is 4.98 Å². The average molecular weight is 173 g/mol. The molecule has 0 aliphatic rings. The van der Waals surface area contributed by atoms with Crippen molar-refractivity contribution in [3.63, 3.8) is 0 Å². The summed E-state index contributed by atoms with van der Waals surface area (Å²) < 4.78 is 1.73. The molecule has 0 atom stereocenters. The van der Waals surface area contributed by atoms with Crippen LogP contribution < -0.4 is 5.56 Å². The molecular formula is C9H7N3O. The molecule has 0 saturated carbocycles. The van der Waals surface area contributed by atoms with Gasteiger partial charge in [0, 0.05) is 18.5 Å². The monoisotopic (exact) mass is 173 g/mol. The Bertz CT molecular complexity index is 429. The van der Waals surface area contributed by atoms with Crippen LogP contribution in [0.25, 0.3) is 5.69 Å². The standard InChI is InChI=1S/C9H7N3O/c13-9-3-5-12(7-11-9)8-2-1-4-10-6-8/h1-7H. The highest BCUT2D eigenvalue weighted by Crippen LogP contribution is 2.00. The molecule has 2 heterocycles. The van der Waals surface area contributed by atoms with Gasteiger partial charge < -0.3 is 4.57 Å². The van der Waals surface area contributed by atoms with Crippen LogP contribution in [0.4, 0.5) is 0 Å². The molecule has 0 saturated heterocycles. The maximum atomic E-state index is 10.7. The lowest BCUT2D eigenvalue weighted by molar-refractivity contribution is 0.954. The van der Waals surface area contributed by atoms with E-state index >= 15 is 0 Å². The molecule has 0 aliphatic carbocycles. The quantitative estimate of drug-likeness (QED) is 0.635. The fourth-order valence-corrected chi connectivity index (χ4v) is 1.00. The second-order valence-corrected chi connectivity index (χ2v) is 2.52. The summed E-state index contributed by atoms with van der Waals surface area (Å²) in [6.45, 7) is 0. The molecule has 64 valence electrons. The van der Waals surface area contributed by atoms with Gasteiger partial charge in [0.05, 0.1) is 11.9 Å². The third-order valence-electron chi connectivity index (χ3n) is 1.63. The fourth-order valence-electron chi connectivity index (χ4n) is 1.00. The summed E-state index contributed by atoms with van der Waals surface area (Å²) in [6, 6.07) is 5.12. The van der Waals surface area contributed by atoms with E-state index in [0.717, 1.165) is 5.69 Å². The van der Waals surface area contributed by atoms with Crippen molar-refractivity contribution in [1.29, 1.82) is 0 Å². The van der Waals surface area contributed by atoms with Gasteiger partial charge >= 0.3 is 0 Å². The Kier molecular flexibility index (Phi) is 1.88. The Labute approximate surface area is 74.5 Å². The molecule has 0 fully saturated rings. The fraction of sp³-hybridized carbons (Fsp3) is 0. The maximum Gasteiger partial charge on any atom is 0.272 e. The van der Waals surface area contributed by atoms with Crippen LogP contribution in [0.15, 0.2) is 47.9 Å². The number of rotatable bonds is 1. The zero-order valence-corrected chi connectivity index (χ0v) is 6.79. The van der Waals surface area contributed by atoms with Gasteiger partial charge in [0.15, 0.2) is 0 Å². The highest BCUT2D eigenvalue weighted by molar-refractivity contribution is 5.26. The Morgan fingerprint density at radius 2 is 2.23 bits per heavy atom. The lowest BCUT2D eigenvalue weighted by Gasteiger charge is -2.02. The number of hydrogen-bond acceptors (Lipinski definition) is 3. The number of hydrogen-bond donors (Lipinski definition) is 0. The van der Waals surface area contributed by atoms with Crippen LogP contribution in [0.1, 0.15) is 0 Å². The van der Waals surface area contributed by atoms with E-state index in [1.165, 1.54) is 12.4 Å². The summed E-state index contributed by atoms with van der Waals surface area (Å²) in [6.07, 6.45) is 6.53. The summed E-state index contributed by atoms with van der Waals surface area (Å²) in [7, 11) is 0. The summed E-state index contributed by atoms with van der Waals surface area (Å²) in [5.41, 5.74) is 0.648. The zero-order valence-electron chi connectivity index (χ0n) is 6.79. The number of nitrogens with zero attached hydrogens (tertiary/aromatic N) is 3. The third kappa shape index (κ3) is 1.61. The van der Waals surface area contributed by atoms with Crippen molar-refractivity contribution < 1.29 is 0 Å². The Balaban J connectivity index is 2.48. The molecule has 2 aromatic heterocycles. The minimum absolute atomic E-state index is 0.236. The SMILES string of the molecule is O=c1ccn(-c2cccnc2)cn1. The van der Waals surface area contributed by atoms with Crippen molar-refractivity contribution in [3.05, 3.63) is 53.5 Å². The van der Waals surface area contributed by atoms with Gasteiger partial charge in [-0.25, -0.2) is 0 Å². The van der Waals surface area contributed by atoms with Crippen LogP contribution in [-0.2, 0) is 0 Å². The molecule has 4 heteroatoms. The predicted molar refractivity (Wildman–Crippen MR) is 47.6 cm³/mol. The second-order valence-electron chi connectivity index (χ2n) is 2.52. The van der Waals surface area contributed by atoms with E-state index in [0.29, 0.717) is 0 Å². The molecule has 0 radical (unpaired) electrons. The lowest BCUT2D eigenvalue weighted by atomic mass is 10.4. The first-order valence-corrected chi connectivity index (χ1v) is 3.81. The van der Waals surface area contributed by atoms with Crippen molar-refractivity contribution in [1.82, 2.24) is 14.5 Å². The number of aromatic nitrogens is 3. The van der Waals surface area contributed by atoms with Gasteiger partial charge in [-0.05, 0) is 12.1 Å². The second kappa shape index (κ2) is 3.18. The smallest absolute Gasteiger partial charge is 0.272 e. The van der Waals surface area contributed by atoms with Crippen molar-refractivity contribution in [3.8, 4) is 5.69 Å². The predicted octanol–water partition coefficient (Wildman–Crippen LogP) is 0.627.